The molecule has 0 fully saturated rings. The van der Waals surface area contributed by atoms with Crippen molar-refractivity contribution < 1.29 is 13.2 Å². The van der Waals surface area contributed by atoms with E-state index >= 15 is 0 Å². The highest BCUT2D eigenvalue weighted by Gasteiger charge is 2.30. The summed E-state index contributed by atoms with van der Waals surface area (Å²) in [5.41, 5.74) is 3.88. The maximum absolute atomic E-state index is 13.7. The number of rotatable bonds is 4. The second kappa shape index (κ2) is 8.36. The predicted molar refractivity (Wildman–Crippen MR) is 130 cm³/mol. The lowest BCUT2D eigenvalue weighted by Gasteiger charge is -2.15. The number of aryl methyl sites for hydroxylation is 2. The highest BCUT2D eigenvalue weighted by molar-refractivity contribution is 7.98. The number of alkyl halides is 3. The number of para-hydroxylation sites is 1. The largest absolute Gasteiger partial charge is 0.416 e. The lowest BCUT2D eigenvalue weighted by atomic mass is 10.1. The van der Waals surface area contributed by atoms with Gasteiger partial charge in [0, 0.05) is 16.7 Å². The summed E-state index contributed by atoms with van der Waals surface area (Å²) in [6.07, 6.45) is -4.41. The van der Waals surface area contributed by atoms with Crippen molar-refractivity contribution >= 4 is 33.7 Å². The molecule has 34 heavy (non-hydrogen) atoms. The maximum Gasteiger partial charge on any atom is 0.416 e. The summed E-state index contributed by atoms with van der Waals surface area (Å²) in [5.74, 6) is 0.231. The normalized spacial score (nSPS) is 12.0. The molecule has 0 bridgehead atoms. The number of H-pyrrole nitrogens is 1. The number of hydrogen-bond acceptors (Lipinski definition) is 3. The van der Waals surface area contributed by atoms with Crippen molar-refractivity contribution in [2.45, 2.75) is 30.9 Å². The van der Waals surface area contributed by atoms with Crippen LogP contribution in [0.4, 0.5) is 13.2 Å². The van der Waals surface area contributed by atoms with E-state index < -0.39 is 11.7 Å². The average Bonchev–Trinajstić information content (AvgIpc) is 3.18. The first-order valence-corrected chi connectivity index (χ1v) is 11.6. The van der Waals surface area contributed by atoms with Crippen LogP contribution in [0.25, 0.3) is 27.6 Å². The number of aromatic amines is 1. The molecule has 2 heterocycles. The Bertz CT molecular complexity index is 1600. The van der Waals surface area contributed by atoms with Crippen molar-refractivity contribution in [3.63, 3.8) is 0 Å². The molecular weight excluding hydrogens is 459 g/mol. The molecule has 3 aromatic carbocycles. The summed E-state index contributed by atoms with van der Waals surface area (Å²) >= 11 is 1.24. The first kappa shape index (κ1) is 22.3. The third kappa shape index (κ3) is 3.98. The van der Waals surface area contributed by atoms with E-state index in [1.165, 1.54) is 17.8 Å². The third-order valence-corrected chi connectivity index (χ3v) is 6.73. The molecular formula is C26H20F3N3OS. The van der Waals surface area contributed by atoms with Gasteiger partial charge in [-0.1, -0.05) is 60.3 Å². The van der Waals surface area contributed by atoms with Gasteiger partial charge in [-0.25, -0.2) is 4.98 Å². The molecule has 0 aliphatic heterocycles. The molecule has 0 atom stereocenters. The Hall–Kier alpha value is -3.52. The van der Waals surface area contributed by atoms with Crippen molar-refractivity contribution in [2.75, 3.05) is 0 Å². The summed E-state index contributed by atoms with van der Waals surface area (Å²) in [6.45, 7) is 3.86. The molecule has 4 nitrogen and oxygen atoms in total. The van der Waals surface area contributed by atoms with E-state index in [0.29, 0.717) is 27.4 Å². The standard InChI is InChI=1S/C26H20F3N3OS/c1-15-10-11-16(2)21(12-15)32-24(33)23-22(19-8-3-4-9-20(19)30-23)31-25(32)34-14-17-6-5-7-18(13-17)26(27,28)29/h3-13,30H,14H2,1-2H3. The fraction of sp³-hybridized carbons (Fsp3) is 0.154. The third-order valence-electron chi connectivity index (χ3n) is 5.72. The molecule has 0 saturated heterocycles. The van der Waals surface area contributed by atoms with Crippen LogP contribution in [-0.4, -0.2) is 14.5 Å². The van der Waals surface area contributed by atoms with Gasteiger partial charge in [-0.05, 0) is 48.7 Å². The van der Waals surface area contributed by atoms with E-state index in [2.05, 4.69) is 4.98 Å². The van der Waals surface area contributed by atoms with Crippen LogP contribution in [0.2, 0.25) is 0 Å². The van der Waals surface area contributed by atoms with Crippen molar-refractivity contribution in [1.29, 1.82) is 0 Å². The van der Waals surface area contributed by atoms with E-state index in [9.17, 15) is 18.0 Å². The van der Waals surface area contributed by atoms with Gasteiger partial charge in [0.2, 0.25) is 0 Å². The molecule has 0 aliphatic carbocycles. The number of hydrogen-bond donors (Lipinski definition) is 1. The second-order valence-electron chi connectivity index (χ2n) is 8.21. The summed E-state index contributed by atoms with van der Waals surface area (Å²) in [7, 11) is 0. The Morgan fingerprint density at radius 2 is 1.79 bits per heavy atom. The fourth-order valence-corrected chi connectivity index (χ4v) is 4.94. The zero-order chi connectivity index (χ0) is 24.0. The number of halogens is 3. The number of nitrogens with zero attached hydrogens (tertiary/aromatic N) is 2. The van der Waals surface area contributed by atoms with E-state index in [-0.39, 0.29) is 11.3 Å². The quantitative estimate of drug-likeness (QED) is 0.228. The molecule has 1 N–H and O–H groups in total. The van der Waals surface area contributed by atoms with E-state index in [1.54, 1.807) is 10.6 Å². The minimum Gasteiger partial charge on any atom is -0.349 e. The number of aromatic nitrogens is 3. The molecule has 0 unspecified atom stereocenters. The van der Waals surface area contributed by atoms with Crippen LogP contribution in [0.15, 0.2) is 76.7 Å². The Kier molecular flexibility index (Phi) is 5.48. The molecule has 0 radical (unpaired) electrons. The number of nitrogens with one attached hydrogen (secondary N) is 1. The SMILES string of the molecule is Cc1ccc(C)c(-n2c(SCc3cccc(C(F)(F)F)c3)nc3c([nH]c4ccccc43)c2=O)c1. The van der Waals surface area contributed by atoms with Crippen LogP contribution in [0, 0.1) is 13.8 Å². The summed E-state index contributed by atoms with van der Waals surface area (Å²) in [6, 6.07) is 18.6. The Labute approximate surface area is 197 Å². The summed E-state index contributed by atoms with van der Waals surface area (Å²) < 4.78 is 41.1. The molecule has 0 saturated carbocycles. The highest BCUT2D eigenvalue weighted by Crippen LogP contribution is 2.32. The molecule has 172 valence electrons. The molecule has 5 aromatic rings. The Morgan fingerprint density at radius 3 is 2.59 bits per heavy atom. The van der Waals surface area contributed by atoms with Crippen molar-refractivity contribution in [3.05, 3.63) is 99.3 Å². The Balaban J connectivity index is 1.68. The fourth-order valence-electron chi connectivity index (χ4n) is 4.00. The van der Waals surface area contributed by atoms with E-state index in [0.717, 1.165) is 34.2 Å². The van der Waals surface area contributed by atoms with E-state index in [4.69, 9.17) is 4.98 Å². The smallest absolute Gasteiger partial charge is 0.349 e. The van der Waals surface area contributed by atoms with Crippen molar-refractivity contribution in [1.82, 2.24) is 14.5 Å². The highest BCUT2D eigenvalue weighted by atomic mass is 32.2. The van der Waals surface area contributed by atoms with Gasteiger partial charge in [0.25, 0.3) is 5.56 Å². The van der Waals surface area contributed by atoms with Gasteiger partial charge in [0.1, 0.15) is 11.0 Å². The first-order chi connectivity index (χ1) is 16.2. The second-order valence-corrected chi connectivity index (χ2v) is 9.15. The molecule has 0 spiro atoms. The minimum atomic E-state index is -4.41. The van der Waals surface area contributed by atoms with Gasteiger partial charge in [-0.2, -0.15) is 13.2 Å². The van der Waals surface area contributed by atoms with Gasteiger partial charge in [0.15, 0.2) is 5.16 Å². The first-order valence-electron chi connectivity index (χ1n) is 10.6. The van der Waals surface area contributed by atoms with Crippen LogP contribution in [0.3, 0.4) is 0 Å². The Morgan fingerprint density at radius 1 is 1.00 bits per heavy atom. The van der Waals surface area contributed by atoms with Gasteiger partial charge in [-0.15, -0.1) is 0 Å². The predicted octanol–water partition coefficient (Wildman–Crippen LogP) is 6.79. The average molecular weight is 480 g/mol. The molecule has 5 rings (SSSR count). The van der Waals surface area contributed by atoms with Crippen LogP contribution in [0.1, 0.15) is 22.3 Å². The molecule has 2 aromatic heterocycles. The van der Waals surface area contributed by atoms with Crippen LogP contribution in [0.5, 0.6) is 0 Å². The van der Waals surface area contributed by atoms with Crippen molar-refractivity contribution in [3.8, 4) is 5.69 Å². The summed E-state index contributed by atoms with van der Waals surface area (Å²) in [4.78, 5) is 21.7. The lowest BCUT2D eigenvalue weighted by Crippen LogP contribution is -2.22. The van der Waals surface area contributed by atoms with Crippen LogP contribution >= 0.6 is 11.8 Å². The van der Waals surface area contributed by atoms with Crippen LogP contribution < -0.4 is 5.56 Å². The number of fused-ring (bicyclic) bond motifs is 3. The lowest BCUT2D eigenvalue weighted by molar-refractivity contribution is -0.137. The van der Waals surface area contributed by atoms with Gasteiger partial charge < -0.3 is 4.98 Å². The molecule has 0 aliphatic rings. The van der Waals surface area contributed by atoms with Gasteiger partial charge in [0.05, 0.1) is 11.3 Å². The topological polar surface area (TPSA) is 50.7 Å². The van der Waals surface area contributed by atoms with Gasteiger partial charge >= 0.3 is 6.18 Å². The number of benzene rings is 3. The monoisotopic (exact) mass is 479 g/mol. The van der Waals surface area contributed by atoms with Crippen LogP contribution in [-0.2, 0) is 11.9 Å². The van der Waals surface area contributed by atoms with E-state index in [1.807, 2.05) is 56.3 Å². The zero-order valence-electron chi connectivity index (χ0n) is 18.4. The molecule has 8 heteroatoms. The number of thioether (sulfide) groups is 1. The zero-order valence-corrected chi connectivity index (χ0v) is 19.2. The molecule has 0 amide bonds. The maximum atomic E-state index is 13.7. The summed E-state index contributed by atoms with van der Waals surface area (Å²) in [5, 5.41) is 1.25. The van der Waals surface area contributed by atoms with Gasteiger partial charge in [-0.3, -0.25) is 9.36 Å². The minimum absolute atomic E-state index is 0.231. The van der Waals surface area contributed by atoms with Crippen molar-refractivity contribution in [2.24, 2.45) is 0 Å².